The highest BCUT2D eigenvalue weighted by Crippen LogP contribution is 2.27. The average molecular weight is 299 g/mol. The molecule has 1 aromatic rings. The van der Waals surface area contributed by atoms with Gasteiger partial charge in [0.05, 0.1) is 6.54 Å². The maximum absolute atomic E-state index is 11.9. The number of carbonyl (C=O) groups excluding carboxylic acids is 2. The van der Waals surface area contributed by atoms with Gasteiger partial charge in [-0.1, -0.05) is 6.07 Å². The van der Waals surface area contributed by atoms with Crippen molar-refractivity contribution in [3.63, 3.8) is 0 Å². The molecule has 1 fully saturated rings. The fourth-order valence-electron chi connectivity index (χ4n) is 2.96. The van der Waals surface area contributed by atoms with Crippen LogP contribution in [0.25, 0.3) is 0 Å². The third kappa shape index (κ3) is 2.81. The van der Waals surface area contributed by atoms with Crippen molar-refractivity contribution < 1.29 is 14.3 Å². The molecule has 1 saturated heterocycles. The molecule has 1 atom stereocenters. The molecule has 0 saturated carbocycles. The van der Waals surface area contributed by atoms with Gasteiger partial charge in [-0.25, -0.2) is 4.79 Å². The van der Waals surface area contributed by atoms with E-state index in [1.54, 1.807) is 9.80 Å². The van der Waals surface area contributed by atoms with Crippen LogP contribution in [0, 0.1) is 0 Å². The van der Waals surface area contributed by atoms with Gasteiger partial charge in [0.2, 0.25) is 7.85 Å². The predicted molar refractivity (Wildman–Crippen MR) is 83.0 cm³/mol. The third-order valence-corrected chi connectivity index (χ3v) is 4.19. The summed E-state index contributed by atoms with van der Waals surface area (Å²) in [5, 5.41) is 0. The minimum absolute atomic E-state index is 0.253. The molecule has 2 radical (unpaired) electrons. The summed E-state index contributed by atoms with van der Waals surface area (Å²) >= 11 is 0. The van der Waals surface area contributed by atoms with Crippen LogP contribution in [-0.2, 0) is 17.7 Å². The standard InChI is InChI=1S/C15H18BN3O3/c16-14(20)18-5-1-2-10-6-12(4-3-11(10)8-18)19-9-13(7-17)22-15(19)21/h3-4,6,13H,1-2,5,7-9,17H2/t13-/m0/s1. The van der Waals surface area contributed by atoms with E-state index in [0.29, 0.717) is 26.2 Å². The zero-order chi connectivity index (χ0) is 15.7. The minimum atomic E-state index is -0.397. The van der Waals surface area contributed by atoms with E-state index in [0.717, 1.165) is 29.7 Å². The van der Waals surface area contributed by atoms with Crippen LogP contribution in [0.2, 0.25) is 0 Å². The first kappa shape index (κ1) is 14.9. The van der Waals surface area contributed by atoms with E-state index in [4.69, 9.17) is 18.3 Å². The smallest absolute Gasteiger partial charge is 0.414 e. The van der Waals surface area contributed by atoms with Gasteiger partial charge < -0.3 is 15.4 Å². The van der Waals surface area contributed by atoms with Gasteiger partial charge in [0.1, 0.15) is 6.10 Å². The Balaban J connectivity index is 1.84. The summed E-state index contributed by atoms with van der Waals surface area (Å²) in [4.78, 5) is 26.5. The second-order valence-electron chi connectivity index (χ2n) is 5.67. The zero-order valence-electron chi connectivity index (χ0n) is 12.3. The summed E-state index contributed by atoms with van der Waals surface area (Å²) in [7, 11) is 5.38. The Bertz CT molecular complexity index is 608. The Kier molecular flexibility index (Phi) is 4.07. The molecule has 114 valence electrons. The van der Waals surface area contributed by atoms with Gasteiger partial charge in [-0.2, -0.15) is 0 Å². The second-order valence-corrected chi connectivity index (χ2v) is 5.67. The number of hydrogen-bond donors (Lipinski definition) is 1. The predicted octanol–water partition coefficient (Wildman–Crippen LogP) is 1.01. The Morgan fingerprint density at radius 3 is 2.91 bits per heavy atom. The van der Waals surface area contributed by atoms with Gasteiger partial charge in [0, 0.05) is 25.3 Å². The molecule has 0 spiro atoms. The van der Waals surface area contributed by atoms with Crippen molar-refractivity contribution in [2.75, 3.05) is 24.5 Å². The van der Waals surface area contributed by atoms with Crippen molar-refractivity contribution in [3.8, 4) is 0 Å². The number of cyclic esters (lactones) is 1. The number of hydrogen-bond acceptors (Lipinski definition) is 4. The first-order chi connectivity index (χ1) is 10.6. The summed E-state index contributed by atoms with van der Waals surface area (Å²) in [5.74, 6) is -0.397. The van der Waals surface area contributed by atoms with Crippen LogP contribution in [0.5, 0.6) is 0 Å². The van der Waals surface area contributed by atoms with Gasteiger partial charge >= 0.3 is 6.09 Å². The largest absolute Gasteiger partial charge is 0.443 e. The number of amides is 2. The monoisotopic (exact) mass is 299 g/mol. The van der Waals surface area contributed by atoms with E-state index in [-0.39, 0.29) is 12.2 Å². The van der Waals surface area contributed by atoms with E-state index in [2.05, 4.69) is 0 Å². The normalized spacial score (nSPS) is 21.3. The molecule has 3 rings (SSSR count). The molecule has 1 aromatic carbocycles. The summed E-state index contributed by atoms with van der Waals surface area (Å²) in [6.07, 6.45) is 1.10. The quantitative estimate of drug-likeness (QED) is 0.827. The van der Waals surface area contributed by atoms with Crippen LogP contribution < -0.4 is 10.6 Å². The van der Waals surface area contributed by atoms with Gasteiger partial charge in [-0.15, -0.1) is 0 Å². The number of benzene rings is 1. The number of anilines is 1. The minimum Gasteiger partial charge on any atom is -0.443 e. The molecule has 2 N–H and O–H groups in total. The number of nitrogens with zero attached hydrogens (tertiary/aromatic N) is 2. The van der Waals surface area contributed by atoms with E-state index in [9.17, 15) is 9.59 Å². The number of fused-ring (bicyclic) bond motifs is 1. The first-order valence-electron chi connectivity index (χ1n) is 7.43. The molecule has 6 nitrogen and oxygen atoms in total. The molecule has 2 aliphatic rings. The van der Waals surface area contributed by atoms with Crippen molar-refractivity contribution in [3.05, 3.63) is 29.3 Å². The molecule has 2 amide bonds. The highest BCUT2D eigenvalue weighted by Gasteiger charge is 2.31. The summed E-state index contributed by atoms with van der Waals surface area (Å²) < 4.78 is 5.19. The molecule has 2 heterocycles. The number of rotatable bonds is 2. The van der Waals surface area contributed by atoms with Gasteiger partial charge in [-0.3, -0.25) is 9.69 Å². The van der Waals surface area contributed by atoms with Crippen LogP contribution in [0.3, 0.4) is 0 Å². The van der Waals surface area contributed by atoms with E-state index < -0.39 is 5.81 Å². The Labute approximate surface area is 130 Å². The fourth-order valence-corrected chi connectivity index (χ4v) is 2.96. The number of aryl methyl sites for hydroxylation is 1. The van der Waals surface area contributed by atoms with Gasteiger partial charge in [0.25, 0.3) is 0 Å². The van der Waals surface area contributed by atoms with Crippen LogP contribution >= 0.6 is 0 Å². The highest BCUT2D eigenvalue weighted by atomic mass is 16.6. The fraction of sp³-hybridized carbons (Fsp3) is 0.467. The highest BCUT2D eigenvalue weighted by molar-refractivity contribution is 6.56. The maximum atomic E-state index is 11.9. The molecule has 0 aliphatic carbocycles. The zero-order valence-corrected chi connectivity index (χ0v) is 12.3. The Morgan fingerprint density at radius 2 is 2.23 bits per heavy atom. The second kappa shape index (κ2) is 6.00. The topological polar surface area (TPSA) is 75.9 Å². The van der Waals surface area contributed by atoms with Crippen molar-refractivity contribution >= 4 is 25.4 Å². The molecule has 0 aromatic heterocycles. The lowest BCUT2D eigenvalue weighted by molar-refractivity contribution is 0.145. The van der Waals surface area contributed by atoms with Crippen molar-refractivity contribution in [1.82, 2.24) is 4.90 Å². The van der Waals surface area contributed by atoms with Crippen molar-refractivity contribution in [2.24, 2.45) is 5.73 Å². The van der Waals surface area contributed by atoms with Crippen molar-refractivity contribution in [1.29, 1.82) is 0 Å². The molecular formula is C15H18BN3O3. The summed E-state index contributed by atoms with van der Waals surface area (Å²) in [5.41, 5.74) is 8.59. The van der Waals surface area contributed by atoms with E-state index in [1.165, 1.54) is 0 Å². The van der Waals surface area contributed by atoms with Crippen molar-refractivity contribution in [2.45, 2.75) is 25.5 Å². The lowest BCUT2D eigenvalue weighted by Crippen LogP contribution is -2.29. The number of ether oxygens (including phenoxy) is 1. The summed E-state index contributed by atoms with van der Waals surface area (Å²) in [6, 6.07) is 5.83. The van der Waals surface area contributed by atoms with E-state index in [1.807, 2.05) is 18.2 Å². The molecular weight excluding hydrogens is 281 g/mol. The lowest BCUT2D eigenvalue weighted by Gasteiger charge is -2.20. The summed E-state index contributed by atoms with van der Waals surface area (Å²) in [6.45, 7) is 1.96. The Hall–Kier alpha value is -2.02. The molecule has 0 bridgehead atoms. The maximum Gasteiger partial charge on any atom is 0.414 e. The van der Waals surface area contributed by atoms with Crippen LogP contribution in [-0.4, -0.2) is 50.4 Å². The number of carbonyl (C=O) groups is 2. The molecule has 2 aliphatic heterocycles. The molecule has 22 heavy (non-hydrogen) atoms. The number of nitrogens with two attached hydrogens (primary N) is 1. The van der Waals surface area contributed by atoms with Crippen LogP contribution in [0.4, 0.5) is 15.3 Å². The van der Waals surface area contributed by atoms with E-state index >= 15 is 0 Å². The van der Waals surface area contributed by atoms with Crippen LogP contribution in [0.15, 0.2) is 18.2 Å². The molecule has 7 heteroatoms. The SMILES string of the molecule is [B]C(=O)N1CCCc2cc(N3C[C@H](CN)OC3=O)ccc2C1. The lowest BCUT2D eigenvalue weighted by atomic mass is 10.0. The van der Waals surface area contributed by atoms with Crippen LogP contribution in [0.1, 0.15) is 17.5 Å². The third-order valence-electron chi connectivity index (χ3n) is 4.19. The Morgan fingerprint density at radius 1 is 1.41 bits per heavy atom. The first-order valence-corrected chi connectivity index (χ1v) is 7.43. The average Bonchev–Trinajstić information content (AvgIpc) is 2.75. The van der Waals surface area contributed by atoms with Gasteiger partial charge in [0.15, 0.2) is 5.81 Å². The van der Waals surface area contributed by atoms with Gasteiger partial charge in [-0.05, 0) is 36.1 Å². The molecule has 0 unspecified atom stereocenters.